The van der Waals surface area contributed by atoms with E-state index in [1.807, 2.05) is 13.0 Å². The van der Waals surface area contributed by atoms with Gasteiger partial charge < -0.3 is 9.64 Å². The minimum atomic E-state index is -1.11. The van der Waals surface area contributed by atoms with Crippen molar-refractivity contribution in [3.05, 3.63) is 76.8 Å². The van der Waals surface area contributed by atoms with Gasteiger partial charge in [0.1, 0.15) is 11.5 Å². The Balaban J connectivity index is 1.55. The average molecular weight is 537 g/mol. The molecule has 0 saturated carbocycles. The third kappa shape index (κ3) is 7.61. The molecule has 0 spiro atoms. The highest BCUT2D eigenvalue weighted by atomic mass is 35.5. The van der Waals surface area contributed by atoms with Crippen LogP contribution < -0.4 is 10.2 Å². The van der Waals surface area contributed by atoms with Crippen LogP contribution in [0.25, 0.3) is 0 Å². The van der Waals surface area contributed by atoms with E-state index in [2.05, 4.69) is 15.5 Å². The predicted molar refractivity (Wildman–Crippen MR) is 150 cm³/mol. The van der Waals surface area contributed by atoms with Crippen molar-refractivity contribution in [1.82, 2.24) is 10.3 Å². The van der Waals surface area contributed by atoms with Crippen LogP contribution in [0.15, 0.2) is 70.8 Å². The lowest BCUT2D eigenvalue weighted by atomic mass is 10.0. The number of allylic oxidation sites excluding steroid dienone is 1. The number of hydrazone groups is 1. The topological polar surface area (TPSA) is 100 Å². The molecule has 0 aromatic heterocycles. The van der Waals surface area contributed by atoms with Crippen molar-refractivity contribution in [2.45, 2.75) is 45.6 Å². The molecule has 0 atom stereocenters. The summed E-state index contributed by atoms with van der Waals surface area (Å²) < 4.78 is 6.02. The van der Waals surface area contributed by atoms with Crippen molar-refractivity contribution < 1.29 is 19.1 Å². The SMILES string of the molecule is CC/C=C\C(=NC)C(=O)NN=C1CCN(C(=O)C(C)(C)Oc2ccc(C(=O)c3ccc(Cl)cc3)cc2)CC1. The molecule has 1 fully saturated rings. The zero-order valence-electron chi connectivity index (χ0n) is 22.2. The Morgan fingerprint density at radius 3 is 2.16 bits per heavy atom. The minimum absolute atomic E-state index is 0.124. The number of hydrogen-bond acceptors (Lipinski definition) is 6. The summed E-state index contributed by atoms with van der Waals surface area (Å²) in [7, 11) is 1.56. The zero-order valence-corrected chi connectivity index (χ0v) is 22.9. The first-order valence-corrected chi connectivity index (χ1v) is 12.9. The molecule has 38 heavy (non-hydrogen) atoms. The monoisotopic (exact) mass is 536 g/mol. The minimum Gasteiger partial charge on any atom is -0.478 e. The Morgan fingerprint density at radius 2 is 1.61 bits per heavy atom. The Kier molecular flexibility index (Phi) is 9.96. The fourth-order valence-electron chi connectivity index (χ4n) is 3.91. The van der Waals surface area contributed by atoms with Crippen molar-refractivity contribution in [3.8, 4) is 5.75 Å². The van der Waals surface area contributed by atoms with Gasteiger partial charge in [-0.2, -0.15) is 5.10 Å². The van der Waals surface area contributed by atoms with Gasteiger partial charge in [-0.25, -0.2) is 5.43 Å². The average Bonchev–Trinajstić information content (AvgIpc) is 2.92. The van der Waals surface area contributed by atoms with Crippen LogP contribution >= 0.6 is 11.6 Å². The Bertz CT molecular complexity index is 1240. The number of rotatable bonds is 9. The molecule has 2 aromatic rings. The van der Waals surface area contributed by atoms with Gasteiger partial charge in [0, 0.05) is 54.8 Å². The van der Waals surface area contributed by atoms with E-state index in [1.165, 1.54) is 0 Å². The number of amides is 2. The van der Waals surface area contributed by atoms with Crippen LogP contribution in [0, 0.1) is 0 Å². The first kappa shape index (κ1) is 28.8. The molecule has 3 rings (SSSR count). The number of ketones is 1. The number of carbonyl (C=O) groups excluding carboxylic acids is 3. The summed E-state index contributed by atoms with van der Waals surface area (Å²) in [5, 5.41) is 4.80. The number of ether oxygens (including phenoxy) is 1. The highest BCUT2D eigenvalue weighted by molar-refractivity contribution is 6.43. The van der Waals surface area contributed by atoms with Gasteiger partial charge in [0.25, 0.3) is 11.8 Å². The quantitative estimate of drug-likeness (QED) is 0.281. The van der Waals surface area contributed by atoms with Gasteiger partial charge >= 0.3 is 0 Å². The van der Waals surface area contributed by atoms with Gasteiger partial charge in [-0.15, -0.1) is 0 Å². The van der Waals surface area contributed by atoms with Crippen molar-refractivity contribution in [1.29, 1.82) is 0 Å². The van der Waals surface area contributed by atoms with Crippen LogP contribution in [0.2, 0.25) is 5.02 Å². The lowest BCUT2D eigenvalue weighted by Crippen LogP contribution is -2.51. The number of piperidine rings is 1. The molecule has 1 N–H and O–H groups in total. The van der Waals surface area contributed by atoms with Crippen molar-refractivity contribution in [2.75, 3.05) is 20.1 Å². The van der Waals surface area contributed by atoms with Gasteiger partial charge in [0.05, 0.1) is 0 Å². The first-order chi connectivity index (χ1) is 18.1. The van der Waals surface area contributed by atoms with Crippen LogP contribution in [0.4, 0.5) is 0 Å². The summed E-state index contributed by atoms with van der Waals surface area (Å²) in [6, 6.07) is 13.4. The Labute approximate surface area is 228 Å². The number of hydrogen-bond donors (Lipinski definition) is 1. The number of aliphatic imine (C=N–C) groups is 1. The maximum atomic E-state index is 13.2. The van der Waals surface area contributed by atoms with E-state index in [0.717, 1.165) is 12.1 Å². The van der Waals surface area contributed by atoms with Gasteiger partial charge in [-0.3, -0.25) is 19.4 Å². The summed E-state index contributed by atoms with van der Waals surface area (Å²) in [6.45, 7) is 6.37. The number of halogens is 1. The number of benzene rings is 2. The van der Waals surface area contributed by atoms with E-state index in [-0.39, 0.29) is 17.6 Å². The largest absolute Gasteiger partial charge is 0.478 e. The van der Waals surface area contributed by atoms with Crippen LogP contribution in [0.3, 0.4) is 0 Å². The second-order valence-corrected chi connectivity index (χ2v) is 9.74. The maximum absolute atomic E-state index is 13.2. The normalized spacial score (nSPS) is 14.4. The molecule has 2 amide bonds. The van der Waals surface area contributed by atoms with Gasteiger partial charge in [-0.05, 0) is 74.9 Å². The number of likely N-dealkylation sites (tertiary alicyclic amines) is 1. The zero-order chi connectivity index (χ0) is 27.7. The molecule has 200 valence electrons. The van der Waals surface area contributed by atoms with Gasteiger partial charge in [0.15, 0.2) is 11.4 Å². The van der Waals surface area contributed by atoms with E-state index in [9.17, 15) is 14.4 Å². The Hall–Kier alpha value is -3.78. The van der Waals surface area contributed by atoms with E-state index >= 15 is 0 Å². The smallest absolute Gasteiger partial charge is 0.289 e. The molecule has 2 aromatic carbocycles. The van der Waals surface area contributed by atoms with Gasteiger partial charge in [-0.1, -0.05) is 24.6 Å². The molecule has 1 aliphatic heterocycles. The third-order valence-electron chi connectivity index (χ3n) is 6.04. The molecule has 0 bridgehead atoms. The van der Waals surface area contributed by atoms with Crippen LogP contribution in [-0.4, -0.2) is 59.7 Å². The summed E-state index contributed by atoms with van der Waals surface area (Å²) in [4.78, 5) is 43.9. The predicted octanol–water partition coefficient (Wildman–Crippen LogP) is 4.86. The van der Waals surface area contributed by atoms with Crippen LogP contribution in [-0.2, 0) is 9.59 Å². The highest BCUT2D eigenvalue weighted by Gasteiger charge is 2.35. The van der Waals surface area contributed by atoms with Crippen LogP contribution in [0.5, 0.6) is 5.75 Å². The maximum Gasteiger partial charge on any atom is 0.289 e. The van der Waals surface area contributed by atoms with E-state index in [4.69, 9.17) is 16.3 Å². The summed E-state index contributed by atoms with van der Waals surface area (Å²) in [6.07, 6.45) is 5.43. The lowest BCUT2D eigenvalue weighted by Gasteiger charge is -2.34. The van der Waals surface area contributed by atoms with E-state index < -0.39 is 5.60 Å². The third-order valence-corrected chi connectivity index (χ3v) is 6.29. The van der Waals surface area contributed by atoms with E-state index in [0.29, 0.717) is 53.5 Å². The molecule has 1 aliphatic rings. The fraction of sp³-hybridized carbons (Fsp3) is 0.345. The summed E-state index contributed by atoms with van der Waals surface area (Å²) in [5.41, 5.74) is 3.62. The second kappa shape index (κ2) is 13.1. The molecule has 9 heteroatoms. The number of nitrogens with one attached hydrogen (secondary N) is 1. The molecule has 0 unspecified atom stereocenters. The van der Waals surface area contributed by atoms with Crippen molar-refractivity contribution >= 4 is 40.6 Å². The molecular weight excluding hydrogens is 504 g/mol. The molecule has 1 saturated heterocycles. The molecule has 0 aliphatic carbocycles. The standard InChI is InChI=1S/C29H33ClN4O4/c1-5-6-7-25(31-4)27(36)33-32-23-16-18-34(19-17-23)28(37)29(2,3)38-24-14-10-21(11-15-24)26(35)20-8-12-22(30)13-9-20/h6-15H,5,16-19H2,1-4H3,(H,33,36)/b7-6-,31-25?. The summed E-state index contributed by atoms with van der Waals surface area (Å²) >= 11 is 5.90. The first-order valence-electron chi connectivity index (χ1n) is 12.5. The summed E-state index contributed by atoms with van der Waals surface area (Å²) in [5.74, 6) is -0.143. The highest BCUT2D eigenvalue weighted by Crippen LogP contribution is 2.23. The lowest BCUT2D eigenvalue weighted by molar-refractivity contribution is -0.145. The number of carbonyl (C=O) groups is 3. The number of nitrogens with zero attached hydrogens (tertiary/aromatic N) is 3. The Morgan fingerprint density at radius 1 is 1.03 bits per heavy atom. The van der Waals surface area contributed by atoms with Crippen LogP contribution in [0.1, 0.15) is 56.0 Å². The second-order valence-electron chi connectivity index (χ2n) is 9.30. The van der Waals surface area contributed by atoms with E-state index in [1.54, 1.807) is 80.4 Å². The van der Waals surface area contributed by atoms with Crippen molar-refractivity contribution in [2.24, 2.45) is 10.1 Å². The fourth-order valence-corrected chi connectivity index (χ4v) is 4.04. The molecule has 0 radical (unpaired) electrons. The van der Waals surface area contributed by atoms with Gasteiger partial charge in [0.2, 0.25) is 0 Å². The van der Waals surface area contributed by atoms with Crippen molar-refractivity contribution in [3.63, 3.8) is 0 Å². The molecule has 1 heterocycles. The molecule has 8 nitrogen and oxygen atoms in total. The molecular formula is C29H33ClN4O4.